The monoisotopic (exact) mass is 197 g/mol. The Kier molecular flexibility index (Phi) is 3.22. The van der Waals surface area contributed by atoms with Gasteiger partial charge in [0.25, 0.3) is 0 Å². The maximum Gasteiger partial charge on any atom is 0.358 e. The Morgan fingerprint density at radius 3 is 2.64 bits per heavy atom. The van der Waals surface area contributed by atoms with Crippen molar-refractivity contribution in [2.24, 2.45) is 5.92 Å². The molecule has 0 atom stereocenters. The summed E-state index contributed by atoms with van der Waals surface area (Å²) in [5, 5.41) is 16.1. The van der Waals surface area contributed by atoms with Crippen molar-refractivity contribution in [3.8, 4) is 0 Å². The Morgan fingerprint density at radius 2 is 2.21 bits per heavy atom. The lowest BCUT2D eigenvalue weighted by molar-refractivity contribution is 0.0689. The number of carboxylic acids is 1. The van der Waals surface area contributed by atoms with Gasteiger partial charge < -0.3 is 5.11 Å². The molecule has 78 valence electrons. The molecule has 0 aliphatic heterocycles. The Morgan fingerprint density at radius 1 is 1.57 bits per heavy atom. The highest BCUT2D eigenvalue weighted by atomic mass is 16.4. The number of aromatic nitrogens is 3. The van der Waals surface area contributed by atoms with Gasteiger partial charge in [-0.05, 0) is 19.3 Å². The number of carbonyl (C=O) groups is 1. The maximum absolute atomic E-state index is 10.7. The molecule has 5 nitrogen and oxygen atoms in total. The first-order chi connectivity index (χ1) is 6.52. The average Bonchev–Trinajstić information content (AvgIpc) is 2.43. The highest BCUT2D eigenvalue weighted by Gasteiger charge is 2.14. The molecule has 1 aromatic rings. The molecular weight excluding hydrogens is 182 g/mol. The lowest BCUT2D eigenvalue weighted by atomic mass is 10.1. The van der Waals surface area contributed by atoms with Gasteiger partial charge in [0.1, 0.15) is 0 Å². The van der Waals surface area contributed by atoms with Gasteiger partial charge in [-0.2, -0.15) is 0 Å². The van der Waals surface area contributed by atoms with Crippen molar-refractivity contribution in [3.63, 3.8) is 0 Å². The number of hydrogen-bond acceptors (Lipinski definition) is 3. The first-order valence-corrected chi connectivity index (χ1v) is 4.65. The van der Waals surface area contributed by atoms with Gasteiger partial charge in [0, 0.05) is 6.54 Å². The van der Waals surface area contributed by atoms with Crippen molar-refractivity contribution in [1.82, 2.24) is 15.0 Å². The van der Waals surface area contributed by atoms with E-state index in [1.807, 2.05) is 0 Å². The van der Waals surface area contributed by atoms with E-state index in [0.29, 0.717) is 11.6 Å². The molecule has 0 aromatic carbocycles. The standard InChI is InChI=1S/C9H15N3O2/c1-6(2)4-5-12-7(3)8(9(13)14)10-11-12/h6H,4-5H2,1-3H3,(H,13,14). The number of nitrogens with zero attached hydrogens (tertiary/aromatic N) is 3. The summed E-state index contributed by atoms with van der Waals surface area (Å²) in [5.41, 5.74) is 0.673. The Hall–Kier alpha value is -1.39. The molecule has 14 heavy (non-hydrogen) atoms. The molecule has 1 aromatic heterocycles. The van der Waals surface area contributed by atoms with Gasteiger partial charge in [-0.25, -0.2) is 9.48 Å². The molecule has 5 heteroatoms. The van der Waals surface area contributed by atoms with Crippen molar-refractivity contribution in [2.45, 2.75) is 33.7 Å². The number of carboxylic acid groups (broad SMARTS) is 1. The minimum absolute atomic E-state index is 0.0498. The van der Waals surface area contributed by atoms with E-state index >= 15 is 0 Å². The van der Waals surface area contributed by atoms with Crippen LogP contribution in [-0.4, -0.2) is 26.1 Å². The average molecular weight is 197 g/mol. The van der Waals surface area contributed by atoms with Gasteiger partial charge in [0.15, 0.2) is 5.69 Å². The number of rotatable bonds is 4. The second-order valence-corrected chi connectivity index (χ2v) is 3.73. The van der Waals surface area contributed by atoms with Gasteiger partial charge in [-0.15, -0.1) is 5.10 Å². The summed E-state index contributed by atoms with van der Waals surface area (Å²) < 4.78 is 1.64. The highest BCUT2D eigenvalue weighted by Crippen LogP contribution is 2.07. The molecule has 0 bridgehead atoms. The molecule has 0 aliphatic rings. The smallest absolute Gasteiger partial charge is 0.358 e. The summed E-state index contributed by atoms with van der Waals surface area (Å²) in [6.45, 7) is 6.68. The molecule has 0 aliphatic carbocycles. The van der Waals surface area contributed by atoms with Gasteiger partial charge >= 0.3 is 5.97 Å². The van der Waals surface area contributed by atoms with Crippen LogP contribution in [0.2, 0.25) is 0 Å². The third-order valence-electron chi connectivity index (χ3n) is 2.10. The number of aromatic carboxylic acids is 1. The third kappa shape index (κ3) is 2.31. The molecule has 0 saturated heterocycles. The molecule has 1 heterocycles. The van der Waals surface area contributed by atoms with Crippen LogP contribution in [0.5, 0.6) is 0 Å². The topological polar surface area (TPSA) is 68.0 Å². The van der Waals surface area contributed by atoms with E-state index in [2.05, 4.69) is 24.2 Å². The van der Waals surface area contributed by atoms with Crippen LogP contribution in [0.1, 0.15) is 36.5 Å². The van der Waals surface area contributed by atoms with Crippen molar-refractivity contribution >= 4 is 5.97 Å². The molecule has 1 N–H and O–H groups in total. The first-order valence-electron chi connectivity index (χ1n) is 4.65. The lowest BCUT2D eigenvalue weighted by Gasteiger charge is -2.05. The van der Waals surface area contributed by atoms with Crippen LogP contribution in [0.3, 0.4) is 0 Å². The SMILES string of the molecule is Cc1c(C(=O)O)nnn1CCC(C)C. The van der Waals surface area contributed by atoms with Crippen LogP contribution in [-0.2, 0) is 6.54 Å². The van der Waals surface area contributed by atoms with Crippen LogP contribution in [0.4, 0.5) is 0 Å². The second kappa shape index (κ2) is 4.21. The zero-order valence-electron chi connectivity index (χ0n) is 8.69. The molecular formula is C9H15N3O2. The fourth-order valence-electron chi connectivity index (χ4n) is 1.15. The van der Waals surface area contributed by atoms with E-state index in [1.165, 1.54) is 0 Å². The normalized spacial score (nSPS) is 10.9. The van der Waals surface area contributed by atoms with Crippen LogP contribution in [0.15, 0.2) is 0 Å². The highest BCUT2D eigenvalue weighted by molar-refractivity contribution is 5.86. The van der Waals surface area contributed by atoms with E-state index < -0.39 is 5.97 Å². The van der Waals surface area contributed by atoms with Crippen molar-refractivity contribution in [1.29, 1.82) is 0 Å². The van der Waals surface area contributed by atoms with Crippen LogP contribution >= 0.6 is 0 Å². The van der Waals surface area contributed by atoms with Crippen LogP contribution in [0.25, 0.3) is 0 Å². The summed E-state index contributed by atoms with van der Waals surface area (Å²) in [5.74, 6) is -0.440. The van der Waals surface area contributed by atoms with E-state index in [-0.39, 0.29) is 5.69 Å². The van der Waals surface area contributed by atoms with Gasteiger partial charge in [-0.3, -0.25) is 0 Å². The fourth-order valence-corrected chi connectivity index (χ4v) is 1.15. The van der Waals surface area contributed by atoms with Gasteiger partial charge in [0.05, 0.1) is 5.69 Å². The summed E-state index contributed by atoms with van der Waals surface area (Å²) in [6, 6.07) is 0. The third-order valence-corrected chi connectivity index (χ3v) is 2.10. The number of hydrogen-bond donors (Lipinski definition) is 1. The van der Waals surface area contributed by atoms with Crippen molar-refractivity contribution in [3.05, 3.63) is 11.4 Å². The molecule has 0 spiro atoms. The van der Waals surface area contributed by atoms with Gasteiger partial charge in [0.2, 0.25) is 0 Å². The predicted octanol–water partition coefficient (Wildman–Crippen LogP) is 1.33. The van der Waals surface area contributed by atoms with E-state index in [9.17, 15) is 4.79 Å². The van der Waals surface area contributed by atoms with Crippen molar-refractivity contribution < 1.29 is 9.90 Å². The zero-order chi connectivity index (χ0) is 10.7. The molecule has 0 fully saturated rings. The zero-order valence-corrected chi connectivity index (χ0v) is 8.69. The number of aryl methyl sites for hydroxylation is 1. The molecule has 0 saturated carbocycles. The Bertz CT molecular complexity index is 331. The Balaban J connectivity index is 2.74. The summed E-state index contributed by atoms with van der Waals surface area (Å²) >= 11 is 0. The maximum atomic E-state index is 10.7. The molecule has 0 unspecified atom stereocenters. The largest absolute Gasteiger partial charge is 0.476 e. The fraction of sp³-hybridized carbons (Fsp3) is 0.667. The molecule has 0 radical (unpaired) electrons. The second-order valence-electron chi connectivity index (χ2n) is 3.73. The van der Waals surface area contributed by atoms with E-state index in [4.69, 9.17) is 5.11 Å². The summed E-state index contributed by atoms with van der Waals surface area (Å²) in [7, 11) is 0. The molecule has 0 amide bonds. The van der Waals surface area contributed by atoms with Crippen LogP contribution in [0, 0.1) is 12.8 Å². The predicted molar refractivity (Wildman–Crippen MR) is 51.2 cm³/mol. The minimum atomic E-state index is -1.02. The summed E-state index contributed by atoms with van der Waals surface area (Å²) in [6.07, 6.45) is 0.975. The summed E-state index contributed by atoms with van der Waals surface area (Å²) in [4.78, 5) is 10.7. The van der Waals surface area contributed by atoms with E-state index in [1.54, 1.807) is 11.6 Å². The van der Waals surface area contributed by atoms with Crippen LogP contribution < -0.4 is 0 Å². The quantitative estimate of drug-likeness (QED) is 0.790. The molecule has 1 rings (SSSR count). The van der Waals surface area contributed by atoms with Gasteiger partial charge in [-0.1, -0.05) is 19.1 Å². The van der Waals surface area contributed by atoms with E-state index in [0.717, 1.165) is 13.0 Å². The van der Waals surface area contributed by atoms with Crippen molar-refractivity contribution in [2.75, 3.05) is 0 Å². The minimum Gasteiger partial charge on any atom is -0.476 e. The first kappa shape index (κ1) is 10.7. The Labute approximate surface area is 82.7 Å². The lowest BCUT2D eigenvalue weighted by Crippen LogP contribution is -2.06.